The molecule has 5 nitrogen and oxygen atoms in total. The Morgan fingerprint density at radius 2 is 2.11 bits per heavy atom. The molecular weight excluding hydrogens is 281 g/mol. The van der Waals surface area contributed by atoms with Gasteiger partial charge in [-0.2, -0.15) is 0 Å². The van der Waals surface area contributed by atoms with E-state index >= 15 is 0 Å². The largest absolute Gasteiger partial charge is 0.462 e. The van der Waals surface area contributed by atoms with Crippen molar-refractivity contribution in [3.63, 3.8) is 0 Å². The molecule has 0 spiro atoms. The first-order chi connectivity index (χ1) is 8.49. The van der Waals surface area contributed by atoms with Crippen molar-refractivity contribution in [3.8, 4) is 0 Å². The van der Waals surface area contributed by atoms with Gasteiger partial charge >= 0.3 is 5.97 Å². The number of nitro benzene ring substituents is 1. The highest BCUT2D eigenvalue weighted by molar-refractivity contribution is 6.43. The molecule has 0 aliphatic heterocycles. The number of carbonyl (C=O) groups is 1. The average Bonchev–Trinajstić information content (AvgIpc) is 3.12. The Hall–Kier alpha value is -1.33. The molecule has 0 saturated heterocycles. The maximum absolute atomic E-state index is 11.7. The lowest BCUT2D eigenvalue weighted by molar-refractivity contribution is -0.384. The van der Waals surface area contributed by atoms with Crippen LogP contribution in [0.2, 0.25) is 10.0 Å². The third-order valence-electron chi connectivity index (χ3n) is 2.59. The standard InChI is InChI=1S/C11H9Cl2NO4/c12-8-3-7(4-9(10(8)13)14(16)17)11(15)18-5-6-1-2-6/h3-4,6H,1-2,5H2. The van der Waals surface area contributed by atoms with Crippen LogP contribution in [0.5, 0.6) is 0 Å². The second-order valence-electron chi connectivity index (χ2n) is 4.09. The van der Waals surface area contributed by atoms with E-state index < -0.39 is 16.6 Å². The average molecular weight is 290 g/mol. The number of ether oxygens (including phenoxy) is 1. The molecule has 1 aliphatic rings. The Morgan fingerprint density at radius 1 is 1.44 bits per heavy atom. The molecule has 18 heavy (non-hydrogen) atoms. The number of nitro groups is 1. The molecule has 0 aromatic heterocycles. The molecule has 0 unspecified atom stereocenters. The lowest BCUT2D eigenvalue weighted by Gasteiger charge is -2.05. The number of halogens is 2. The zero-order valence-corrected chi connectivity index (χ0v) is 10.7. The number of carbonyl (C=O) groups excluding carboxylic acids is 1. The maximum Gasteiger partial charge on any atom is 0.338 e. The van der Waals surface area contributed by atoms with Gasteiger partial charge in [-0.05, 0) is 24.8 Å². The van der Waals surface area contributed by atoms with Crippen molar-refractivity contribution in [2.45, 2.75) is 12.8 Å². The summed E-state index contributed by atoms with van der Waals surface area (Å²) in [5.41, 5.74) is -0.362. The molecule has 0 radical (unpaired) electrons. The Labute approximate surface area is 113 Å². The molecule has 1 fully saturated rings. The highest BCUT2D eigenvalue weighted by Gasteiger charge is 2.25. The van der Waals surface area contributed by atoms with E-state index in [2.05, 4.69) is 0 Å². The van der Waals surface area contributed by atoms with Crippen molar-refractivity contribution in [3.05, 3.63) is 37.9 Å². The number of hydrogen-bond acceptors (Lipinski definition) is 4. The van der Waals surface area contributed by atoms with Crippen molar-refractivity contribution >= 4 is 34.9 Å². The smallest absolute Gasteiger partial charge is 0.338 e. The summed E-state index contributed by atoms with van der Waals surface area (Å²) in [5, 5.41) is 10.5. The summed E-state index contributed by atoms with van der Waals surface area (Å²) in [4.78, 5) is 21.7. The molecule has 2 rings (SSSR count). The summed E-state index contributed by atoms with van der Waals surface area (Å²) in [6.07, 6.45) is 2.10. The van der Waals surface area contributed by atoms with Gasteiger partial charge in [0.15, 0.2) is 0 Å². The third-order valence-corrected chi connectivity index (χ3v) is 3.38. The second kappa shape index (κ2) is 5.12. The predicted octanol–water partition coefficient (Wildman–Crippen LogP) is 3.47. The lowest BCUT2D eigenvalue weighted by Crippen LogP contribution is -2.08. The van der Waals surface area contributed by atoms with Crippen LogP contribution in [0.3, 0.4) is 0 Å². The Balaban J connectivity index is 2.21. The summed E-state index contributed by atoms with van der Waals surface area (Å²) in [6.45, 7) is 0.340. The van der Waals surface area contributed by atoms with Crippen LogP contribution < -0.4 is 0 Å². The Kier molecular flexibility index (Phi) is 3.73. The van der Waals surface area contributed by atoms with Crippen LogP contribution in [0.4, 0.5) is 5.69 Å². The van der Waals surface area contributed by atoms with E-state index in [4.69, 9.17) is 27.9 Å². The fourth-order valence-corrected chi connectivity index (χ4v) is 1.78. The molecule has 1 aliphatic carbocycles. The number of esters is 1. The first-order valence-electron chi connectivity index (χ1n) is 5.29. The van der Waals surface area contributed by atoms with Crippen LogP contribution in [-0.2, 0) is 4.74 Å². The van der Waals surface area contributed by atoms with Crippen molar-refractivity contribution in [1.29, 1.82) is 0 Å². The monoisotopic (exact) mass is 289 g/mol. The molecular formula is C11H9Cl2NO4. The molecule has 0 amide bonds. The van der Waals surface area contributed by atoms with Crippen LogP contribution in [-0.4, -0.2) is 17.5 Å². The van der Waals surface area contributed by atoms with Crippen molar-refractivity contribution < 1.29 is 14.5 Å². The molecule has 1 aromatic rings. The fraction of sp³-hybridized carbons (Fsp3) is 0.364. The number of rotatable bonds is 4. The minimum atomic E-state index is -0.689. The zero-order valence-electron chi connectivity index (χ0n) is 9.19. The van der Waals surface area contributed by atoms with Gasteiger partial charge in [0.1, 0.15) is 5.02 Å². The summed E-state index contributed by atoms with van der Waals surface area (Å²) >= 11 is 11.4. The normalized spacial score (nSPS) is 14.3. The van der Waals surface area contributed by atoms with Gasteiger partial charge in [0.05, 0.1) is 22.1 Å². The Bertz CT molecular complexity index is 514. The molecule has 1 saturated carbocycles. The Morgan fingerprint density at radius 3 is 2.67 bits per heavy atom. The van der Waals surface area contributed by atoms with E-state index in [1.807, 2.05) is 0 Å². The van der Waals surface area contributed by atoms with Crippen LogP contribution in [0.15, 0.2) is 12.1 Å². The topological polar surface area (TPSA) is 69.4 Å². The van der Waals surface area contributed by atoms with Gasteiger partial charge in [0.25, 0.3) is 5.69 Å². The first-order valence-corrected chi connectivity index (χ1v) is 6.05. The summed E-state index contributed by atoms with van der Waals surface area (Å²) in [6, 6.07) is 2.34. The maximum atomic E-state index is 11.7. The highest BCUT2D eigenvalue weighted by Crippen LogP contribution is 2.34. The summed E-state index contributed by atoms with van der Waals surface area (Å²) in [5.74, 6) is -0.199. The van der Waals surface area contributed by atoms with E-state index in [9.17, 15) is 14.9 Å². The summed E-state index contributed by atoms with van der Waals surface area (Å²) in [7, 11) is 0. The lowest BCUT2D eigenvalue weighted by atomic mass is 10.2. The minimum absolute atomic E-state index is 0.0377. The van der Waals surface area contributed by atoms with Crippen molar-refractivity contribution in [2.75, 3.05) is 6.61 Å². The molecule has 7 heteroatoms. The van der Waals surface area contributed by atoms with Gasteiger partial charge in [0.2, 0.25) is 0 Å². The van der Waals surface area contributed by atoms with Gasteiger partial charge < -0.3 is 4.74 Å². The van der Waals surface area contributed by atoms with Gasteiger partial charge in [-0.1, -0.05) is 23.2 Å². The van der Waals surface area contributed by atoms with E-state index in [1.54, 1.807) is 0 Å². The molecule has 0 N–H and O–H groups in total. The van der Waals surface area contributed by atoms with Gasteiger partial charge in [-0.25, -0.2) is 4.79 Å². The van der Waals surface area contributed by atoms with Gasteiger partial charge in [0, 0.05) is 6.07 Å². The van der Waals surface area contributed by atoms with Crippen LogP contribution >= 0.6 is 23.2 Å². The first kappa shape index (κ1) is 13.1. The predicted molar refractivity (Wildman–Crippen MR) is 66.1 cm³/mol. The quantitative estimate of drug-likeness (QED) is 0.483. The van der Waals surface area contributed by atoms with E-state index in [0.29, 0.717) is 12.5 Å². The molecule has 0 atom stereocenters. The molecule has 0 heterocycles. The van der Waals surface area contributed by atoms with Crippen molar-refractivity contribution in [2.24, 2.45) is 5.92 Å². The minimum Gasteiger partial charge on any atom is -0.462 e. The number of benzene rings is 1. The summed E-state index contributed by atoms with van der Waals surface area (Å²) < 4.78 is 5.02. The third kappa shape index (κ3) is 2.91. The van der Waals surface area contributed by atoms with Crippen LogP contribution in [0.1, 0.15) is 23.2 Å². The van der Waals surface area contributed by atoms with Gasteiger partial charge in [-0.15, -0.1) is 0 Å². The molecule has 96 valence electrons. The van der Waals surface area contributed by atoms with Crippen molar-refractivity contribution in [1.82, 2.24) is 0 Å². The van der Waals surface area contributed by atoms with Gasteiger partial charge in [-0.3, -0.25) is 10.1 Å². The number of nitrogens with zero attached hydrogens (tertiary/aromatic N) is 1. The highest BCUT2D eigenvalue weighted by atomic mass is 35.5. The van der Waals surface area contributed by atoms with Crippen LogP contribution in [0, 0.1) is 16.0 Å². The molecule has 0 bridgehead atoms. The second-order valence-corrected chi connectivity index (χ2v) is 4.88. The molecule has 1 aromatic carbocycles. The fourth-order valence-electron chi connectivity index (χ4n) is 1.39. The van der Waals surface area contributed by atoms with E-state index in [0.717, 1.165) is 18.9 Å². The van der Waals surface area contributed by atoms with Crippen LogP contribution in [0.25, 0.3) is 0 Å². The van der Waals surface area contributed by atoms with E-state index in [-0.39, 0.29) is 15.6 Å². The number of hydrogen-bond donors (Lipinski definition) is 0. The zero-order chi connectivity index (χ0) is 13.3. The van der Waals surface area contributed by atoms with E-state index in [1.165, 1.54) is 6.07 Å². The SMILES string of the molecule is O=C(OCC1CC1)c1cc(Cl)c(Cl)c([N+](=O)[O-])c1.